The van der Waals surface area contributed by atoms with Crippen LogP contribution in [0.2, 0.25) is 0 Å². The lowest BCUT2D eigenvalue weighted by Gasteiger charge is -2.26. The van der Waals surface area contributed by atoms with Gasteiger partial charge in [0.05, 0.1) is 13.2 Å². The monoisotopic (exact) mass is 351 g/mol. The molecule has 26 heavy (non-hydrogen) atoms. The fourth-order valence-corrected chi connectivity index (χ4v) is 3.61. The maximum Gasteiger partial charge on any atom is 0.178 e. The normalized spacial score (nSPS) is 17.8. The Hall–Kier alpha value is -2.63. The van der Waals surface area contributed by atoms with E-state index in [4.69, 9.17) is 9.84 Å². The van der Waals surface area contributed by atoms with Crippen molar-refractivity contribution < 1.29 is 4.74 Å². The summed E-state index contributed by atoms with van der Waals surface area (Å²) < 4.78 is 7.17. The highest BCUT2D eigenvalue weighted by atomic mass is 16.5. The van der Waals surface area contributed by atoms with Crippen molar-refractivity contribution in [3.05, 3.63) is 47.8 Å². The minimum Gasteiger partial charge on any atom is -0.497 e. The molecular formula is C20H25N5O. The number of methoxy groups -OCH3 is 1. The largest absolute Gasteiger partial charge is 0.497 e. The van der Waals surface area contributed by atoms with Gasteiger partial charge in [0.1, 0.15) is 11.6 Å². The van der Waals surface area contributed by atoms with E-state index >= 15 is 0 Å². The van der Waals surface area contributed by atoms with Crippen LogP contribution in [-0.2, 0) is 5.41 Å². The second-order valence-electron chi connectivity index (χ2n) is 7.86. The van der Waals surface area contributed by atoms with Crippen molar-refractivity contribution >= 4 is 11.5 Å². The number of aromatic nitrogens is 4. The molecule has 1 aromatic carbocycles. The molecule has 3 heterocycles. The molecule has 1 aliphatic rings. The summed E-state index contributed by atoms with van der Waals surface area (Å²) >= 11 is 0. The summed E-state index contributed by atoms with van der Waals surface area (Å²) in [5.74, 6) is 2.74. The topological polar surface area (TPSA) is 55.5 Å². The third-order valence-corrected chi connectivity index (χ3v) is 4.97. The first-order chi connectivity index (χ1) is 12.5. The SMILES string of the molecule is COc1ccc(C2CCCN2c2ccc3nnc(C(C)(C)C)n3n2)cc1. The Labute approximate surface area is 153 Å². The van der Waals surface area contributed by atoms with Crippen molar-refractivity contribution in [3.8, 4) is 5.75 Å². The van der Waals surface area contributed by atoms with Crippen LogP contribution >= 0.6 is 0 Å². The molecule has 6 nitrogen and oxygen atoms in total. The molecule has 1 saturated heterocycles. The lowest BCUT2D eigenvalue weighted by atomic mass is 9.96. The van der Waals surface area contributed by atoms with Crippen LogP contribution in [0.4, 0.5) is 5.82 Å². The van der Waals surface area contributed by atoms with Crippen molar-refractivity contribution in [2.75, 3.05) is 18.6 Å². The average Bonchev–Trinajstić information content (AvgIpc) is 3.27. The first kappa shape index (κ1) is 16.8. The lowest BCUT2D eigenvalue weighted by Crippen LogP contribution is -2.25. The van der Waals surface area contributed by atoms with E-state index in [0.29, 0.717) is 6.04 Å². The van der Waals surface area contributed by atoms with Gasteiger partial charge in [-0.2, -0.15) is 4.52 Å². The van der Waals surface area contributed by atoms with Gasteiger partial charge in [0.15, 0.2) is 11.5 Å². The van der Waals surface area contributed by atoms with E-state index in [1.807, 2.05) is 22.7 Å². The van der Waals surface area contributed by atoms with Gasteiger partial charge in [-0.3, -0.25) is 0 Å². The fraction of sp³-hybridized carbons (Fsp3) is 0.450. The molecule has 1 unspecified atom stereocenters. The molecule has 1 aliphatic heterocycles. The lowest BCUT2D eigenvalue weighted by molar-refractivity contribution is 0.414. The molecule has 0 amide bonds. The summed E-state index contributed by atoms with van der Waals surface area (Å²) in [6, 6.07) is 12.8. The highest BCUT2D eigenvalue weighted by molar-refractivity contribution is 5.49. The van der Waals surface area contributed by atoms with Gasteiger partial charge in [-0.15, -0.1) is 15.3 Å². The summed E-state index contributed by atoms with van der Waals surface area (Å²) in [7, 11) is 1.70. The average molecular weight is 351 g/mol. The van der Waals surface area contributed by atoms with Crippen LogP contribution in [0.1, 0.15) is 51.0 Å². The molecule has 0 radical (unpaired) electrons. The molecule has 0 aliphatic carbocycles. The quantitative estimate of drug-likeness (QED) is 0.719. The Kier molecular flexibility index (Phi) is 4.05. The van der Waals surface area contributed by atoms with Crippen molar-refractivity contribution in [1.82, 2.24) is 19.8 Å². The highest BCUT2D eigenvalue weighted by Crippen LogP contribution is 2.36. The van der Waals surface area contributed by atoms with Crippen LogP contribution < -0.4 is 9.64 Å². The second kappa shape index (κ2) is 6.27. The summed E-state index contributed by atoms with van der Waals surface area (Å²) in [5.41, 5.74) is 1.98. The van der Waals surface area contributed by atoms with Crippen molar-refractivity contribution in [2.45, 2.75) is 45.1 Å². The van der Waals surface area contributed by atoms with Gasteiger partial charge in [-0.1, -0.05) is 32.9 Å². The maximum atomic E-state index is 5.28. The number of rotatable bonds is 3. The van der Waals surface area contributed by atoms with Gasteiger partial charge in [0.2, 0.25) is 0 Å². The molecule has 1 atom stereocenters. The Morgan fingerprint density at radius 2 is 1.81 bits per heavy atom. The van der Waals surface area contributed by atoms with Crippen LogP contribution in [0, 0.1) is 0 Å². The number of nitrogens with zero attached hydrogens (tertiary/aromatic N) is 5. The van der Waals surface area contributed by atoms with Crippen LogP contribution in [0.15, 0.2) is 36.4 Å². The predicted molar refractivity (Wildman–Crippen MR) is 102 cm³/mol. The molecule has 0 saturated carbocycles. The molecule has 6 heteroatoms. The molecule has 0 bridgehead atoms. The predicted octanol–water partition coefficient (Wildman–Crippen LogP) is 3.77. The third kappa shape index (κ3) is 2.89. The minimum absolute atomic E-state index is 0.106. The summed E-state index contributed by atoms with van der Waals surface area (Å²) in [5, 5.41) is 13.5. The van der Waals surface area contributed by atoms with Crippen molar-refractivity contribution in [3.63, 3.8) is 0 Å². The van der Waals surface area contributed by atoms with Crippen LogP contribution in [0.5, 0.6) is 5.75 Å². The van der Waals surface area contributed by atoms with E-state index in [0.717, 1.165) is 42.4 Å². The number of hydrogen-bond donors (Lipinski definition) is 0. The van der Waals surface area contributed by atoms with Gasteiger partial charge in [-0.25, -0.2) is 0 Å². The molecule has 4 rings (SSSR count). The van der Waals surface area contributed by atoms with E-state index in [9.17, 15) is 0 Å². The first-order valence-corrected chi connectivity index (χ1v) is 9.11. The minimum atomic E-state index is -0.106. The Bertz CT molecular complexity index is 910. The Morgan fingerprint density at radius 1 is 1.04 bits per heavy atom. The van der Waals surface area contributed by atoms with Crippen molar-refractivity contribution in [2.24, 2.45) is 0 Å². The molecule has 2 aromatic heterocycles. The number of anilines is 1. The summed E-state index contributed by atoms with van der Waals surface area (Å²) in [4.78, 5) is 2.38. The summed E-state index contributed by atoms with van der Waals surface area (Å²) in [6.07, 6.45) is 2.28. The number of benzene rings is 1. The first-order valence-electron chi connectivity index (χ1n) is 9.11. The summed E-state index contributed by atoms with van der Waals surface area (Å²) in [6.45, 7) is 7.40. The molecular weight excluding hydrogens is 326 g/mol. The smallest absolute Gasteiger partial charge is 0.178 e. The number of hydrogen-bond acceptors (Lipinski definition) is 5. The molecule has 0 spiro atoms. The number of fused-ring (bicyclic) bond motifs is 1. The molecule has 3 aromatic rings. The van der Waals surface area contributed by atoms with Gasteiger partial charge >= 0.3 is 0 Å². The molecule has 136 valence electrons. The van der Waals surface area contributed by atoms with E-state index in [-0.39, 0.29) is 5.41 Å². The van der Waals surface area contributed by atoms with E-state index < -0.39 is 0 Å². The zero-order chi connectivity index (χ0) is 18.3. The maximum absolute atomic E-state index is 5.28. The van der Waals surface area contributed by atoms with Crippen LogP contribution in [0.3, 0.4) is 0 Å². The van der Waals surface area contributed by atoms with Crippen molar-refractivity contribution in [1.29, 1.82) is 0 Å². The highest BCUT2D eigenvalue weighted by Gasteiger charge is 2.28. The third-order valence-electron chi connectivity index (χ3n) is 4.97. The van der Waals surface area contributed by atoms with Gasteiger partial charge in [0, 0.05) is 12.0 Å². The molecule has 1 fully saturated rings. The van der Waals surface area contributed by atoms with E-state index in [2.05, 4.69) is 54.1 Å². The van der Waals surface area contributed by atoms with Gasteiger partial charge < -0.3 is 9.64 Å². The molecule has 0 N–H and O–H groups in total. The Balaban J connectivity index is 1.71. The van der Waals surface area contributed by atoms with Crippen LogP contribution in [0.25, 0.3) is 5.65 Å². The second-order valence-corrected chi connectivity index (χ2v) is 7.86. The van der Waals surface area contributed by atoms with Gasteiger partial charge in [0.25, 0.3) is 0 Å². The standard InChI is InChI=1S/C20H25N5O/c1-20(2,3)19-22-21-17-11-12-18(23-25(17)19)24-13-5-6-16(24)14-7-9-15(26-4)10-8-14/h7-12,16H,5-6,13H2,1-4H3. The van der Waals surface area contributed by atoms with E-state index in [1.165, 1.54) is 5.56 Å². The van der Waals surface area contributed by atoms with Crippen LogP contribution in [-0.4, -0.2) is 33.5 Å². The Morgan fingerprint density at radius 3 is 2.50 bits per heavy atom. The van der Waals surface area contributed by atoms with E-state index in [1.54, 1.807) is 7.11 Å². The van der Waals surface area contributed by atoms with Gasteiger partial charge in [-0.05, 0) is 42.7 Å². The number of ether oxygens (including phenoxy) is 1. The zero-order valence-corrected chi connectivity index (χ0v) is 15.8. The zero-order valence-electron chi connectivity index (χ0n) is 15.8. The fourth-order valence-electron chi connectivity index (χ4n) is 3.61.